The Morgan fingerprint density at radius 1 is 1.28 bits per heavy atom. The lowest BCUT2D eigenvalue weighted by molar-refractivity contribution is -0.118. The van der Waals surface area contributed by atoms with Crippen LogP contribution in [-0.2, 0) is 4.79 Å². The summed E-state index contributed by atoms with van der Waals surface area (Å²) in [5.74, 6) is 0.0864. The maximum atomic E-state index is 11.7. The van der Waals surface area contributed by atoms with Gasteiger partial charge in [0.25, 0.3) is 0 Å². The van der Waals surface area contributed by atoms with Gasteiger partial charge in [0.15, 0.2) is 0 Å². The lowest BCUT2D eigenvalue weighted by Crippen LogP contribution is -2.32. The molecule has 0 bridgehead atoms. The zero-order valence-corrected chi connectivity index (χ0v) is 12.3. The predicted molar refractivity (Wildman–Crippen MR) is 77.2 cm³/mol. The Morgan fingerprint density at radius 2 is 1.83 bits per heavy atom. The molecule has 0 aliphatic heterocycles. The third kappa shape index (κ3) is 5.19. The Labute approximate surface area is 115 Å². The zero-order valence-electron chi connectivity index (χ0n) is 11.6. The fourth-order valence-corrected chi connectivity index (χ4v) is 1.91. The van der Waals surface area contributed by atoms with Gasteiger partial charge in [-0.1, -0.05) is 44.5 Å². The van der Waals surface area contributed by atoms with Crippen molar-refractivity contribution < 1.29 is 4.79 Å². The molecule has 3 heteroatoms. The SMILES string of the molecule is CC(=O)C(CNCC(C)(C)C)c1ccc(Cl)cc1. The Kier molecular flexibility index (Phi) is 5.36. The van der Waals surface area contributed by atoms with Gasteiger partial charge in [0, 0.05) is 18.1 Å². The number of halogens is 1. The van der Waals surface area contributed by atoms with Crippen molar-refractivity contribution in [3.05, 3.63) is 34.9 Å². The monoisotopic (exact) mass is 267 g/mol. The van der Waals surface area contributed by atoms with Crippen LogP contribution in [0.2, 0.25) is 5.02 Å². The molecule has 0 radical (unpaired) electrons. The van der Waals surface area contributed by atoms with Crippen LogP contribution in [0.4, 0.5) is 0 Å². The third-order valence-corrected chi connectivity index (χ3v) is 3.02. The highest BCUT2D eigenvalue weighted by Crippen LogP contribution is 2.19. The predicted octanol–water partition coefficient (Wildman–Crippen LogP) is 3.65. The van der Waals surface area contributed by atoms with E-state index in [4.69, 9.17) is 11.6 Å². The van der Waals surface area contributed by atoms with E-state index in [1.165, 1.54) is 0 Å². The van der Waals surface area contributed by atoms with Crippen molar-refractivity contribution in [2.75, 3.05) is 13.1 Å². The Hall–Kier alpha value is -0.860. The van der Waals surface area contributed by atoms with E-state index in [0.29, 0.717) is 11.6 Å². The maximum absolute atomic E-state index is 11.7. The summed E-state index contributed by atoms with van der Waals surface area (Å²) in [5.41, 5.74) is 1.25. The fraction of sp³-hybridized carbons (Fsp3) is 0.533. The normalized spacial score (nSPS) is 13.4. The van der Waals surface area contributed by atoms with Gasteiger partial charge < -0.3 is 5.32 Å². The topological polar surface area (TPSA) is 29.1 Å². The van der Waals surface area contributed by atoms with Crippen LogP contribution in [-0.4, -0.2) is 18.9 Å². The summed E-state index contributed by atoms with van der Waals surface area (Å²) in [6.45, 7) is 9.72. The van der Waals surface area contributed by atoms with Crippen LogP contribution < -0.4 is 5.32 Å². The van der Waals surface area contributed by atoms with Crippen molar-refractivity contribution in [2.45, 2.75) is 33.6 Å². The van der Waals surface area contributed by atoms with Crippen molar-refractivity contribution in [3.63, 3.8) is 0 Å². The van der Waals surface area contributed by atoms with Crippen LogP contribution in [0.5, 0.6) is 0 Å². The minimum atomic E-state index is -0.0929. The number of rotatable bonds is 5. The summed E-state index contributed by atoms with van der Waals surface area (Å²) in [7, 11) is 0. The van der Waals surface area contributed by atoms with Gasteiger partial charge in [0.1, 0.15) is 5.78 Å². The minimum absolute atomic E-state index is 0.0929. The van der Waals surface area contributed by atoms with Crippen molar-refractivity contribution >= 4 is 17.4 Å². The van der Waals surface area contributed by atoms with Crippen molar-refractivity contribution in [1.29, 1.82) is 0 Å². The first kappa shape index (κ1) is 15.2. The van der Waals surface area contributed by atoms with Crippen LogP contribution in [0.1, 0.15) is 39.2 Å². The summed E-state index contributed by atoms with van der Waals surface area (Å²) in [5, 5.41) is 4.06. The summed E-state index contributed by atoms with van der Waals surface area (Å²) < 4.78 is 0. The summed E-state index contributed by atoms with van der Waals surface area (Å²) in [6, 6.07) is 7.51. The number of hydrogen-bond acceptors (Lipinski definition) is 2. The first-order chi connectivity index (χ1) is 8.29. The molecule has 1 N–H and O–H groups in total. The second-order valence-corrected chi connectivity index (χ2v) is 6.34. The van der Waals surface area contributed by atoms with E-state index in [1.807, 2.05) is 24.3 Å². The largest absolute Gasteiger partial charge is 0.315 e. The van der Waals surface area contributed by atoms with Gasteiger partial charge >= 0.3 is 0 Å². The molecule has 0 spiro atoms. The lowest BCUT2D eigenvalue weighted by Gasteiger charge is -2.21. The van der Waals surface area contributed by atoms with Gasteiger partial charge in [-0.15, -0.1) is 0 Å². The second-order valence-electron chi connectivity index (χ2n) is 5.91. The Balaban J connectivity index is 2.66. The number of carbonyl (C=O) groups is 1. The van der Waals surface area contributed by atoms with Crippen LogP contribution >= 0.6 is 11.6 Å². The molecule has 0 saturated heterocycles. The Bertz CT molecular complexity index is 392. The molecule has 0 fully saturated rings. The van der Waals surface area contributed by atoms with E-state index in [2.05, 4.69) is 26.1 Å². The van der Waals surface area contributed by atoms with Crippen LogP contribution in [0, 0.1) is 5.41 Å². The molecule has 1 atom stereocenters. The molecule has 1 aromatic rings. The quantitative estimate of drug-likeness (QED) is 0.882. The lowest BCUT2D eigenvalue weighted by atomic mass is 9.93. The molecule has 1 aromatic carbocycles. The first-order valence-electron chi connectivity index (χ1n) is 6.26. The number of nitrogens with one attached hydrogen (secondary N) is 1. The highest BCUT2D eigenvalue weighted by Gasteiger charge is 2.17. The fourth-order valence-electron chi connectivity index (χ4n) is 1.78. The Morgan fingerprint density at radius 3 is 2.28 bits per heavy atom. The third-order valence-electron chi connectivity index (χ3n) is 2.77. The van der Waals surface area contributed by atoms with Crippen LogP contribution in [0.25, 0.3) is 0 Å². The maximum Gasteiger partial charge on any atom is 0.138 e. The van der Waals surface area contributed by atoms with Crippen molar-refractivity contribution in [1.82, 2.24) is 5.32 Å². The molecule has 0 aliphatic rings. The molecule has 0 amide bonds. The smallest absolute Gasteiger partial charge is 0.138 e. The second kappa shape index (κ2) is 6.35. The van der Waals surface area contributed by atoms with E-state index in [9.17, 15) is 4.79 Å². The molecule has 0 aliphatic carbocycles. The summed E-state index contributed by atoms with van der Waals surface area (Å²) >= 11 is 5.86. The number of Topliss-reactive ketones (excluding diaryl/α,β-unsaturated/α-hetero) is 1. The van der Waals surface area contributed by atoms with Crippen molar-refractivity contribution in [2.24, 2.45) is 5.41 Å². The van der Waals surface area contributed by atoms with Crippen molar-refractivity contribution in [3.8, 4) is 0 Å². The molecule has 1 unspecified atom stereocenters. The molecule has 0 aromatic heterocycles. The number of ketones is 1. The number of hydrogen-bond donors (Lipinski definition) is 1. The van der Waals surface area contributed by atoms with Gasteiger partial charge in [-0.3, -0.25) is 4.79 Å². The van der Waals surface area contributed by atoms with E-state index in [0.717, 1.165) is 12.1 Å². The van der Waals surface area contributed by atoms with Gasteiger partial charge in [-0.25, -0.2) is 0 Å². The minimum Gasteiger partial charge on any atom is -0.315 e. The molecule has 18 heavy (non-hydrogen) atoms. The molecule has 1 rings (SSSR count). The van der Waals surface area contributed by atoms with E-state index in [1.54, 1.807) is 6.92 Å². The van der Waals surface area contributed by atoms with Gasteiger partial charge in [-0.05, 0) is 30.0 Å². The molecule has 100 valence electrons. The average Bonchev–Trinajstić information content (AvgIpc) is 2.24. The first-order valence-corrected chi connectivity index (χ1v) is 6.64. The number of carbonyl (C=O) groups excluding carboxylic acids is 1. The molecular formula is C15H22ClNO. The van der Waals surface area contributed by atoms with Crippen LogP contribution in [0.15, 0.2) is 24.3 Å². The zero-order chi connectivity index (χ0) is 13.8. The standard InChI is InChI=1S/C15H22ClNO/c1-11(18)14(9-17-10-15(2,3)4)12-5-7-13(16)8-6-12/h5-8,14,17H,9-10H2,1-4H3. The van der Waals surface area contributed by atoms with Crippen LogP contribution in [0.3, 0.4) is 0 Å². The van der Waals surface area contributed by atoms with Gasteiger partial charge in [0.2, 0.25) is 0 Å². The highest BCUT2D eigenvalue weighted by atomic mass is 35.5. The summed E-state index contributed by atoms with van der Waals surface area (Å²) in [6.07, 6.45) is 0. The molecule has 0 saturated carbocycles. The highest BCUT2D eigenvalue weighted by molar-refractivity contribution is 6.30. The molecular weight excluding hydrogens is 246 g/mol. The van der Waals surface area contributed by atoms with Gasteiger partial charge in [-0.2, -0.15) is 0 Å². The van der Waals surface area contributed by atoms with E-state index >= 15 is 0 Å². The van der Waals surface area contributed by atoms with E-state index < -0.39 is 0 Å². The number of benzene rings is 1. The summed E-state index contributed by atoms with van der Waals surface area (Å²) in [4.78, 5) is 11.7. The van der Waals surface area contributed by atoms with Gasteiger partial charge in [0.05, 0.1) is 5.92 Å². The van der Waals surface area contributed by atoms with E-state index in [-0.39, 0.29) is 17.1 Å². The molecule has 2 nitrogen and oxygen atoms in total. The molecule has 0 heterocycles. The average molecular weight is 268 g/mol.